The van der Waals surface area contributed by atoms with Gasteiger partial charge in [0.05, 0.1) is 0 Å². The van der Waals surface area contributed by atoms with Gasteiger partial charge in [-0.1, -0.05) is 18.2 Å². The zero-order valence-corrected chi connectivity index (χ0v) is 12.7. The Kier molecular flexibility index (Phi) is 4.46. The van der Waals surface area contributed by atoms with Gasteiger partial charge in [0.15, 0.2) is 0 Å². The minimum absolute atomic E-state index is 0.180. The van der Waals surface area contributed by atoms with Gasteiger partial charge in [0.1, 0.15) is 11.5 Å². The Balaban J connectivity index is 2.22. The van der Waals surface area contributed by atoms with E-state index in [1.807, 2.05) is 25.1 Å². The lowest BCUT2D eigenvalue weighted by Gasteiger charge is -2.13. The predicted molar refractivity (Wildman–Crippen MR) is 84.5 cm³/mol. The molecule has 0 saturated heterocycles. The van der Waals surface area contributed by atoms with Gasteiger partial charge in [0, 0.05) is 6.04 Å². The topological polar surface area (TPSA) is 35.2 Å². The number of aryl methyl sites for hydroxylation is 2. The Bertz CT molecular complexity index is 602. The van der Waals surface area contributed by atoms with Crippen LogP contribution in [0.1, 0.15) is 29.2 Å². The molecule has 0 amide bonds. The van der Waals surface area contributed by atoms with E-state index in [4.69, 9.17) is 10.5 Å². The second-order valence-corrected chi connectivity index (χ2v) is 5.57. The molecule has 0 fully saturated rings. The Morgan fingerprint density at radius 1 is 1.05 bits per heavy atom. The molecule has 0 aliphatic rings. The zero-order chi connectivity index (χ0) is 14.7. The number of ether oxygens (including phenoxy) is 1. The molecule has 0 spiro atoms. The van der Waals surface area contributed by atoms with E-state index in [-0.39, 0.29) is 6.04 Å². The first-order valence-corrected chi connectivity index (χ1v) is 7.06. The van der Waals surface area contributed by atoms with Crippen LogP contribution in [-0.4, -0.2) is 6.04 Å². The third-order valence-electron chi connectivity index (χ3n) is 3.64. The van der Waals surface area contributed by atoms with Gasteiger partial charge in [0.25, 0.3) is 0 Å². The predicted octanol–water partition coefficient (Wildman–Crippen LogP) is 4.29. The molecular formula is C18H23NO. The second kappa shape index (κ2) is 6.10. The maximum Gasteiger partial charge on any atom is 0.130 e. The number of benzene rings is 2. The molecule has 0 heterocycles. The first-order chi connectivity index (χ1) is 9.47. The molecule has 2 nitrogen and oxygen atoms in total. The summed E-state index contributed by atoms with van der Waals surface area (Å²) in [6.45, 7) is 8.31. The number of nitrogens with two attached hydrogens (primary N) is 1. The molecule has 1 atom stereocenters. The van der Waals surface area contributed by atoms with Crippen LogP contribution in [0.2, 0.25) is 0 Å². The maximum absolute atomic E-state index is 6.00. The second-order valence-electron chi connectivity index (χ2n) is 5.57. The van der Waals surface area contributed by atoms with E-state index in [1.54, 1.807) is 0 Å². The lowest BCUT2D eigenvalue weighted by molar-refractivity contribution is 0.477. The summed E-state index contributed by atoms with van der Waals surface area (Å²) in [5.74, 6) is 1.80. The van der Waals surface area contributed by atoms with Crippen molar-refractivity contribution in [3.05, 3.63) is 58.7 Å². The van der Waals surface area contributed by atoms with Crippen molar-refractivity contribution in [3.63, 3.8) is 0 Å². The van der Waals surface area contributed by atoms with Crippen LogP contribution in [0.15, 0.2) is 36.4 Å². The highest BCUT2D eigenvalue weighted by Gasteiger charge is 2.06. The van der Waals surface area contributed by atoms with Crippen LogP contribution in [0.4, 0.5) is 0 Å². The van der Waals surface area contributed by atoms with Crippen LogP contribution in [0.3, 0.4) is 0 Å². The van der Waals surface area contributed by atoms with Crippen molar-refractivity contribution >= 4 is 0 Å². The molecule has 0 saturated carbocycles. The summed E-state index contributed by atoms with van der Waals surface area (Å²) in [6.07, 6.45) is 0.898. The van der Waals surface area contributed by atoms with E-state index in [0.29, 0.717) is 0 Å². The quantitative estimate of drug-likeness (QED) is 0.898. The van der Waals surface area contributed by atoms with Crippen LogP contribution in [-0.2, 0) is 6.42 Å². The van der Waals surface area contributed by atoms with Gasteiger partial charge in [-0.3, -0.25) is 0 Å². The van der Waals surface area contributed by atoms with Gasteiger partial charge in [-0.05, 0) is 74.6 Å². The highest BCUT2D eigenvalue weighted by atomic mass is 16.5. The van der Waals surface area contributed by atoms with E-state index in [0.717, 1.165) is 17.9 Å². The molecular weight excluding hydrogens is 246 g/mol. The molecule has 2 aromatic rings. The van der Waals surface area contributed by atoms with Crippen LogP contribution >= 0.6 is 0 Å². The third kappa shape index (κ3) is 3.40. The summed E-state index contributed by atoms with van der Waals surface area (Å²) in [7, 11) is 0. The van der Waals surface area contributed by atoms with Crippen molar-refractivity contribution in [1.29, 1.82) is 0 Å². The fraction of sp³-hybridized carbons (Fsp3) is 0.333. The van der Waals surface area contributed by atoms with Gasteiger partial charge in [-0.25, -0.2) is 0 Å². The molecule has 2 heteroatoms. The molecule has 0 bridgehead atoms. The summed E-state index contributed by atoms with van der Waals surface area (Å²) < 4.78 is 6.00. The zero-order valence-electron chi connectivity index (χ0n) is 12.7. The van der Waals surface area contributed by atoms with Crippen LogP contribution in [0.5, 0.6) is 11.5 Å². The van der Waals surface area contributed by atoms with Crippen molar-refractivity contribution in [2.75, 3.05) is 0 Å². The van der Waals surface area contributed by atoms with Gasteiger partial charge < -0.3 is 10.5 Å². The normalized spacial score (nSPS) is 12.2. The number of hydrogen-bond donors (Lipinski definition) is 1. The largest absolute Gasteiger partial charge is 0.457 e. The minimum Gasteiger partial charge on any atom is -0.457 e. The average molecular weight is 269 g/mol. The van der Waals surface area contributed by atoms with Crippen LogP contribution in [0, 0.1) is 20.8 Å². The van der Waals surface area contributed by atoms with Crippen LogP contribution in [0.25, 0.3) is 0 Å². The van der Waals surface area contributed by atoms with E-state index in [1.165, 1.54) is 22.3 Å². The lowest BCUT2D eigenvalue weighted by Crippen LogP contribution is -2.18. The molecule has 0 aliphatic carbocycles. The summed E-state index contributed by atoms with van der Waals surface area (Å²) in [5, 5.41) is 0. The van der Waals surface area contributed by atoms with E-state index in [9.17, 15) is 0 Å². The van der Waals surface area contributed by atoms with Gasteiger partial charge >= 0.3 is 0 Å². The number of rotatable bonds is 4. The standard InChI is InChI=1S/C18H23NO/c1-12-6-5-7-18(15(12)4)20-17-9-8-16(11-14(3)19)13(2)10-17/h5-10,14H,11,19H2,1-4H3. The van der Waals surface area contributed by atoms with Crippen LogP contribution < -0.4 is 10.5 Å². The molecule has 2 aromatic carbocycles. The Hall–Kier alpha value is -1.80. The smallest absolute Gasteiger partial charge is 0.130 e. The molecule has 0 aliphatic heterocycles. The molecule has 1 unspecified atom stereocenters. The Labute approximate surface area is 121 Å². The molecule has 0 aromatic heterocycles. The number of hydrogen-bond acceptors (Lipinski definition) is 2. The van der Waals surface area contributed by atoms with E-state index < -0.39 is 0 Å². The lowest BCUT2D eigenvalue weighted by atomic mass is 10.0. The highest BCUT2D eigenvalue weighted by molar-refractivity contribution is 5.43. The van der Waals surface area contributed by atoms with Crippen molar-refractivity contribution < 1.29 is 4.74 Å². The fourth-order valence-corrected chi connectivity index (χ4v) is 2.27. The molecule has 20 heavy (non-hydrogen) atoms. The monoisotopic (exact) mass is 269 g/mol. The molecule has 2 N–H and O–H groups in total. The summed E-state index contributed by atoms with van der Waals surface area (Å²) in [4.78, 5) is 0. The molecule has 0 radical (unpaired) electrons. The summed E-state index contributed by atoms with van der Waals surface area (Å²) in [5.41, 5.74) is 10.8. The third-order valence-corrected chi connectivity index (χ3v) is 3.64. The molecule has 106 valence electrons. The average Bonchev–Trinajstić information content (AvgIpc) is 2.38. The van der Waals surface area contributed by atoms with E-state index >= 15 is 0 Å². The first kappa shape index (κ1) is 14.6. The van der Waals surface area contributed by atoms with Gasteiger partial charge in [-0.2, -0.15) is 0 Å². The Morgan fingerprint density at radius 2 is 1.80 bits per heavy atom. The van der Waals surface area contributed by atoms with Crippen molar-refractivity contribution in [2.45, 2.75) is 40.2 Å². The van der Waals surface area contributed by atoms with Gasteiger partial charge in [-0.15, -0.1) is 0 Å². The Morgan fingerprint density at radius 3 is 2.45 bits per heavy atom. The minimum atomic E-state index is 0.180. The van der Waals surface area contributed by atoms with Crippen molar-refractivity contribution in [3.8, 4) is 11.5 Å². The summed E-state index contributed by atoms with van der Waals surface area (Å²) in [6, 6.07) is 12.5. The maximum atomic E-state index is 6.00. The first-order valence-electron chi connectivity index (χ1n) is 7.06. The van der Waals surface area contributed by atoms with Crippen molar-refractivity contribution in [2.24, 2.45) is 5.73 Å². The van der Waals surface area contributed by atoms with Gasteiger partial charge in [0.2, 0.25) is 0 Å². The SMILES string of the molecule is Cc1cc(Oc2cccc(C)c2C)ccc1CC(C)N. The highest BCUT2D eigenvalue weighted by Crippen LogP contribution is 2.28. The van der Waals surface area contributed by atoms with Crippen molar-refractivity contribution in [1.82, 2.24) is 0 Å². The molecule has 2 rings (SSSR count). The fourth-order valence-electron chi connectivity index (χ4n) is 2.27. The summed E-state index contributed by atoms with van der Waals surface area (Å²) >= 11 is 0. The van der Waals surface area contributed by atoms with E-state index in [2.05, 4.69) is 39.0 Å².